The normalized spacial score (nSPS) is 18.7. The van der Waals surface area contributed by atoms with Crippen molar-refractivity contribution in [2.24, 2.45) is 5.92 Å². The largest absolute Gasteiger partial charge is 0.345 e. The van der Waals surface area contributed by atoms with Crippen molar-refractivity contribution in [1.29, 1.82) is 0 Å². The van der Waals surface area contributed by atoms with E-state index < -0.39 is 0 Å². The maximum absolute atomic E-state index is 12.6. The van der Waals surface area contributed by atoms with Gasteiger partial charge in [0.25, 0.3) is 0 Å². The average molecular weight is 326 g/mol. The predicted molar refractivity (Wildman–Crippen MR) is 90.3 cm³/mol. The van der Waals surface area contributed by atoms with Crippen molar-refractivity contribution in [3.05, 3.63) is 30.1 Å². The molecular weight excluding hydrogens is 304 g/mol. The summed E-state index contributed by atoms with van der Waals surface area (Å²) in [5.41, 5.74) is 2.86. The lowest BCUT2D eigenvalue weighted by Gasteiger charge is -2.22. The van der Waals surface area contributed by atoms with Gasteiger partial charge < -0.3 is 14.8 Å². The number of amides is 2. The van der Waals surface area contributed by atoms with E-state index in [1.165, 1.54) is 0 Å². The molecule has 24 heavy (non-hydrogen) atoms. The first-order valence-corrected chi connectivity index (χ1v) is 8.69. The molecule has 4 rings (SSSR count). The lowest BCUT2D eigenvalue weighted by atomic mass is 10.1. The van der Waals surface area contributed by atoms with Gasteiger partial charge in [-0.25, -0.2) is 4.98 Å². The smallest absolute Gasteiger partial charge is 0.227 e. The molecule has 1 aliphatic carbocycles. The molecule has 1 aromatic carbocycles. The Labute approximate surface area is 140 Å². The Morgan fingerprint density at radius 1 is 1.12 bits per heavy atom. The predicted octanol–water partition coefficient (Wildman–Crippen LogP) is 1.58. The molecule has 2 amide bonds. The van der Waals surface area contributed by atoms with E-state index >= 15 is 0 Å². The molecule has 6 nitrogen and oxygen atoms in total. The molecular formula is C18H22N4O2. The number of imidazole rings is 1. The Morgan fingerprint density at radius 2 is 1.92 bits per heavy atom. The molecule has 0 unspecified atom stereocenters. The minimum Gasteiger partial charge on any atom is -0.345 e. The Morgan fingerprint density at radius 3 is 2.75 bits per heavy atom. The van der Waals surface area contributed by atoms with Gasteiger partial charge in [0, 0.05) is 32.1 Å². The maximum atomic E-state index is 12.6. The first-order valence-electron chi connectivity index (χ1n) is 8.69. The van der Waals surface area contributed by atoms with Gasteiger partial charge in [-0.1, -0.05) is 6.07 Å². The van der Waals surface area contributed by atoms with Crippen LogP contribution >= 0.6 is 0 Å². The highest BCUT2D eigenvalue weighted by molar-refractivity contribution is 5.82. The number of aromatic amines is 1. The lowest BCUT2D eigenvalue weighted by Crippen LogP contribution is -2.38. The molecule has 2 fully saturated rings. The third kappa shape index (κ3) is 3.13. The number of hydrogen-bond donors (Lipinski definition) is 1. The minimum atomic E-state index is 0.134. The van der Waals surface area contributed by atoms with Crippen molar-refractivity contribution in [2.45, 2.75) is 25.7 Å². The SMILES string of the molecule is O=C(Cc1ccc2nc[nH]c2c1)N1CCCN(C(=O)C2CC2)CC1. The summed E-state index contributed by atoms with van der Waals surface area (Å²) in [6.07, 6.45) is 4.99. The van der Waals surface area contributed by atoms with Crippen LogP contribution in [0, 0.1) is 5.92 Å². The van der Waals surface area contributed by atoms with Crippen molar-refractivity contribution >= 4 is 22.8 Å². The molecule has 1 saturated carbocycles. The zero-order chi connectivity index (χ0) is 16.5. The van der Waals surface area contributed by atoms with E-state index in [1.54, 1.807) is 6.33 Å². The van der Waals surface area contributed by atoms with Gasteiger partial charge in [0.05, 0.1) is 23.8 Å². The molecule has 126 valence electrons. The van der Waals surface area contributed by atoms with Crippen molar-refractivity contribution < 1.29 is 9.59 Å². The first kappa shape index (κ1) is 15.2. The van der Waals surface area contributed by atoms with Gasteiger partial charge in [0.1, 0.15) is 0 Å². The van der Waals surface area contributed by atoms with Gasteiger partial charge in [-0.15, -0.1) is 0 Å². The minimum absolute atomic E-state index is 0.134. The quantitative estimate of drug-likeness (QED) is 0.931. The number of carbonyl (C=O) groups is 2. The number of benzene rings is 1. The number of nitrogens with zero attached hydrogens (tertiary/aromatic N) is 3. The highest BCUT2D eigenvalue weighted by Gasteiger charge is 2.34. The maximum Gasteiger partial charge on any atom is 0.227 e. The molecule has 2 heterocycles. The van der Waals surface area contributed by atoms with E-state index in [4.69, 9.17) is 0 Å². The molecule has 0 radical (unpaired) electrons. The lowest BCUT2D eigenvalue weighted by molar-refractivity contribution is -0.134. The van der Waals surface area contributed by atoms with Gasteiger partial charge in [0.15, 0.2) is 0 Å². The van der Waals surface area contributed by atoms with Crippen molar-refractivity contribution in [2.75, 3.05) is 26.2 Å². The highest BCUT2D eigenvalue weighted by atomic mass is 16.2. The fraction of sp³-hybridized carbons (Fsp3) is 0.500. The number of fused-ring (bicyclic) bond motifs is 1. The van der Waals surface area contributed by atoms with Gasteiger partial charge in [0.2, 0.25) is 11.8 Å². The summed E-state index contributed by atoms with van der Waals surface area (Å²) in [5.74, 6) is 0.678. The van der Waals surface area contributed by atoms with Gasteiger partial charge in [-0.3, -0.25) is 9.59 Å². The third-order valence-corrected chi connectivity index (χ3v) is 4.93. The molecule has 1 aliphatic heterocycles. The summed E-state index contributed by atoms with van der Waals surface area (Å²) in [7, 11) is 0. The molecule has 1 aromatic heterocycles. The van der Waals surface area contributed by atoms with Crippen LogP contribution in [0.15, 0.2) is 24.5 Å². The van der Waals surface area contributed by atoms with Crippen molar-refractivity contribution in [3.63, 3.8) is 0 Å². The summed E-state index contributed by atoms with van der Waals surface area (Å²) in [5, 5.41) is 0. The van der Waals surface area contributed by atoms with Crippen LogP contribution in [-0.2, 0) is 16.0 Å². The molecule has 1 saturated heterocycles. The number of H-pyrrole nitrogens is 1. The summed E-state index contributed by atoms with van der Waals surface area (Å²) in [6, 6.07) is 5.88. The van der Waals surface area contributed by atoms with Gasteiger partial charge >= 0.3 is 0 Å². The zero-order valence-corrected chi connectivity index (χ0v) is 13.7. The van der Waals surface area contributed by atoms with Crippen LogP contribution in [0.5, 0.6) is 0 Å². The average Bonchev–Trinajstić information content (AvgIpc) is 3.37. The summed E-state index contributed by atoms with van der Waals surface area (Å²) < 4.78 is 0. The topological polar surface area (TPSA) is 69.3 Å². The summed E-state index contributed by atoms with van der Waals surface area (Å²) in [6.45, 7) is 2.82. The monoisotopic (exact) mass is 326 g/mol. The number of aromatic nitrogens is 2. The van der Waals surface area contributed by atoms with Crippen LogP contribution < -0.4 is 0 Å². The molecule has 0 atom stereocenters. The van der Waals surface area contributed by atoms with Crippen molar-refractivity contribution in [1.82, 2.24) is 19.8 Å². The Balaban J connectivity index is 1.37. The number of hydrogen-bond acceptors (Lipinski definition) is 3. The highest BCUT2D eigenvalue weighted by Crippen LogP contribution is 2.31. The van der Waals surface area contributed by atoms with Crippen LogP contribution in [0.25, 0.3) is 11.0 Å². The fourth-order valence-corrected chi connectivity index (χ4v) is 3.35. The number of rotatable bonds is 3. The van der Waals surface area contributed by atoms with Crippen LogP contribution in [0.2, 0.25) is 0 Å². The van der Waals surface area contributed by atoms with Gasteiger partial charge in [-0.2, -0.15) is 0 Å². The van der Waals surface area contributed by atoms with E-state index in [0.29, 0.717) is 19.5 Å². The Kier molecular flexibility index (Phi) is 3.96. The Bertz CT molecular complexity index is 765. The second kappa shape index (κ2) is 6.26. The van der Waals surface area contributed by atoms with E-state index in [1.807, 2.05) is 28.0 Å². The fourth-order valence-electron chi connectivity index (χ4n) is 3.35. The second-order valence-electron chi connectivity index (χ2n) is 6.76. The van der Waals surface area contributed by atoms with Crippen molar-refractivity contribution in [3.8, 4) is 0 Å². The molecule has 2 aliphatic rings. The Hall–Kier alpha value is -2.37. The molecule has 0 spiro atoms. The molecule has 1 N–H and O–H groups in total. The molecule has 0 bridgehead atoms. The van der Waals surface area contributed by atoms with E-state index in [2.05, 4.69) is 9.97 Å². The standard InChI is InChI=1S/C18H22N4O2/c23-17(11-13-2-5-15-16(10-13)20-12-19-15)21-6-1-7-22(9-8-21)18(24)14-3-4-14/h2,5,10,12,14H,1,3-4,6-9,11H2,(H,19,20). The van der Waals surface area contributed by atoms with Crippen LogP contribution in [-0.4, -0.2) is 57.8 Å². The number of nitrogens with one attached hydrogen (secondary N) is 1. The first-order chi connectivity index (χ1) is 11.7. The summed E-state index contributed by atoms with van der Waals surface area (Å²) in [4.78, 5) is 35.9. The third-order valence-electron chi connectivity index (χ3n) is 4.93. The zero-order valence-electron chi connectivity index (χ0n) is 13.7. The summed E-state index contributed by atoms with van der Waals surface area (Å²) >= 11 is 0. The van der Waals surface area contributed by atoms with Crippen LogP contribution in [0.1, 0.15) is 24.8 Å². The molecule has 6 heteroatoms. The molecule has 2 aromatic rings. The van der Waals surface area contributed by atoms with Gasteiger partial charge in [-0.05, 0) is 37.0 Å². The van der Waals surface area contributed by atoms with Crippen LogP contribution in [0.4, 0.5) is 0 Å². The van der Waals surface area contributed by atoms with E-state index in [9.17, 15) is 9.59 Å². The van der Waals surface area contributed by atoms with Crippen LogP contribution in [0.3, 0.4) is 0 Å². The number of carbonyl (C=O) groups excluding carboxylic acids is 2. The second-order valence-corrected chi connectivity index (χ2v) is 6.76. The van der Waals surface area contributed by atoms with E-state index in [0.717, 1.165) is 48.9 Å². The van der Waals surface area contributed by atoms with E-state index in [-0.39, 0.29) is 17.7 Å².